The summed E-state index contributed by atoms with van der Waals surface area (Å²) >= 11 is 3.47. The van der Waals surface area contributed by atoms with Gasteiger partial charge in [-0.2, -0.15) is 0 Å². The molecule has 1 fully saturated rings. The lowest BCUT2D eigenvalue weighted by Gasteiger charge is -2.21. The molecule has 1 aliphatic heterocycles. The van der Waals surface area contributed by atoms with Crippen molar-refractivity contribution in [2.45, 2.75) is 39.7 Å². The van der Waals surface area contributed by atoms with Gasteiger partial charge in [0.15, 0.2) is 0 Å². The van der Waals surface area contributed by atoms with Crippen molar-refractivity contribution in [3.05, 3.63) is 22.3 Å². The van der Waals surface area contributed by atoms with Crippen molar-refractivity contribution in [3.8, 4) is 0 Å². The lowest BCUT2D eigenvalue weighted by atomic mass is 10.1. The van der Waals surface area contributed by atoms with Crippen LogP contribution in [0.2, 0.25) is 0 Å². The first kappa shape index (κ1) is 17.1. The van der Waals surface area contributed by atoms with Crippen LogP contribution < -0.4 is 10.2 Å². The maximum absolute atomic E-state index is 11.7. The van der Waals surface area contributed by atoms with Crippen LogP contribution in [-0.4, -0.2) is 36.3 Å². The first-order valence-corrected chi connectivity index (χ1v) is 8.39. The number of carbonyl (C=O) groups excluding carboxylic acids is 1. The van der Waals surface area contributed by atoms with Crippen molar-refractivity contribution in [1.29, 1.82) is 0 Å². The minimum Gasteiger partial charge on any atom is -0.444 e. The van der Waals surface area contributed by atoms with Crippen LogP contribution in [-0.2, 0) is 4.74 Å². The van der Waals surface area contributed by atoms with E-state index >= 15 is 0 Å². The predicted octanol–water partition coefficient (Wildman–Crippen LogP) is 3.50. The van der Waals surface area contributed by atoms with Gasteiger partial charge in [-0.25, -0.2) is 9.78 Å². The molecule has 0 saturated carbocycles. The lowest BCUT2D eigenvalue weighted by molar-refractivity contribution is 0.0520. The van der Waals surface area contributed by atoms with Crippen molar-refractivity contribution in [3.63, 3.8) is 0 Å². The summed E-state index contributed by atoms with van der Waals surface area (Å²) in [7, 11) is 0. The fourth-order valence-corrected chi connectivity index (χ4v) is 2.68. The molecule has 0 spiro atoms. The molecular weight excluding hydrogens is 346 g/mol. The molecule has 2 heterocycles. The molecule has 5 nitrogen and oxygen atoms in total. The number of anilines is 1. The molecule has 1 aromatic rings. The number of halogens is 1. The Morgan fingerprint density at radius 2 is 2.23 bits per heavy atom. The molecule has 1 N–H and O–H groups in total. The molecule has 0 aromatic carbocycles. The summed E-state index contributed by atoms with van der Waals surface area (Å²) in [6.45, 7) is 10.1. The molecule has 1 aromatic heterocycles. The van der Waals surface area contributed by atoms with Crippen molar-refractivity contribution in [2.75, 3.05) is 24.5 Å². The Labute approximate surface area is 140 Å². The van der Waals surface area contributed by atoms with Gasteiger partial charge in [0.05, 0.1) is 5.69 Å². The van der Waals surface area contributed by atoms with E-state index < -0.39 is 5.60 Å². The highest BCUT2D eigenvalue weighted by molar-refractivity contribution is 9.10. The van der Waals surface area contributed by atoms with E-state index in [1.165, 1.54) is 0 Å². The summed E-state index contributed by atoms with van der Waals surface area (Å²) in [5.41, 5.74) is 0.540. The van der Waals surface area contributed by atoms with Gasteiger partial charge in [0.1, 0.15) is 11.4 Å². The largest absolute Gasteiger partial charge is 0.444 e. The Kier molecular flexibility index (Phi) is 5.32. The molecule has 0 bridgehead atoms. The minimum absolute atomic E-state index is 0.344. The molecule has 1 atom stereocenters. The number of alkyl carbamates (subject to hydrolysis) is 1. The Morgan fingerprint density at radius 3 is 2.86 bits per heavy atom. The number of carbonyl (C=O) groups is 1. The molecule has 1 aliphatic rings. The summed E-state index contributed by atoms with van der Waals surface area (Å²) in [6.07, 6.45) is 0.704. The number of aromatic nitrogens is 1. The van der Waals surface area contributed by atoms with Crippen LogP contribution in [0.25, 0.3) is 0 Å². The number of aryl methyl sites for hydroxylation is 1. The molecular formula is C16H24BrN3O2. The second-order valence-electron chi connectivity index (χ2n) is 6.72. The summed E-state index contributed by atoms with van der Waals surface area (Å²) in [5, 5.41) is 2.86. The summed E-state index contributed by atoms with van der Waals surface area (Å²) < 4.78 is 6.28. The quantitative estimate of drug-likeness (QED) is 0.885. The molecule has 1 amide bonds. The van der Waals surface area contributed by atoms with Crippen LogP contribution in [0.1, 0.15) is 32.9 Å². The van der Waals surface area contributed by atoms with Gasteiger partial charge in [-0.3, -0.25) is 0 Å². The highest BCUT2D eigenvalue weighted by atomic mass is 79.9. The van der Waals surface area contributed by atoms with E-state index in [4.69, 9.17) is 4.74 Å². The standard InChI is InChI=1S/C16H24BrN3O2/c1-11-13(17)5-6-14(19-11)20-8-7-12(10-20)9-18-15(21)22-16(2,3)4/h5-6,12H,7-10H2,1-4H3,(H,18,21)/t12-/m0/s1. The molecule has 6 heteroatoms. The number of amides is 1. The first-order chi connectivity index (χ1) is 10.2. The number of ether oxygens (including phenoxy) is 1. The fourth-order valence-electron chi connectivity index (χ4n) is 2.46. The number of nitrogens with one attached hydrogen (secondary N) is 1. The highest BCUT2D eigenvalue weighted by Gasteiger charge is 2.25. The van der Waals surface area contributed by atoms with Crippen molar-refractivity contribution in [2.24, 2.45) is 5.92 Å². The van der Waals surface area contributed by atoms with E-state index in [2.05, 4.69) is 31.1 Å². The zero-order chi connectivity index (χ0) is 16.3. The van der Waals surface area contributed by atoms with Crippen LogP contribution in [0.4, 0.5) is 10.6 Å². The second kappa shape index (κ2) is 6.86. The van der Waals surface area contributed by atoms with E-state index in [-0.39, 0.29) is 6.09 Å². The molecule has 0 radical (unpaired) electrons. The fraction of sp³-hybridized carbons (Fsp3) is 0.625. The van der Waals surface area contributed by atoms with Gasteiger partial charge in [-0.15, -0.1) is 0 Å². The van der Waals surface area contributed by atoms with Crippen LogP contribution in [0.3, 0.4) is 0 Å². The van der Waals surface area contributed by atoms with Gasteiger partial charge in [-0.1, -0.05) is 0 Å². The normalized spacial score (nSPS) is 18.4. The lowest BCUT2D eigenvalue weighted by Crippen LogP contribution is -2.36. The molecule has 122 valence electrons. The van der Waals surface area contributed by atoms with Gasteiger partial charge in [0.2, 0.25) is 0 Å². The average Bonchev–Trinajstić information content (AvgIpc) is 2.86. The molecule has 0 aliphatic carbocycles. The predicted molar refractivity (Wildman–Crippen MR) is 91.2 cm³/mol. The van der Waals surface area contributed by atoms with Gasteiger partial charge in [0.25, 0.3) is 0 Å². The molecule has 2 rings (SSSR count). The zero-order valence-corrected chi connectivity index (χ0v) is 15.2. The number of nitrogens with zero attached hydrogens (tertiary/aromatic N) is 2. The summed E-state index contributed by atoms with van der Waals surface area (Å²) in [6, 6.07) is 4.06. The SMILES string of the molecule is Cc1nc(N2CC[C@@H](CNC(=O)OC(C)(C)C)C2)ccc1Br. The smallest absolute Gasteiger partial charge is 0.407 e. The Bertz CT molecular complexity index is 543. The van der Waals surface area contributed by atoms with Crippen molar-refractivity contribution in [1.82, 2.24) is 10.3 Å². The van der Waals surface area contributed by atoms with Gasteiger partial charge < -0.3 is 15.0 Å². The topological polar surface area (TPSA) is 54.5 Å². The number of hydrogen-bond donors (Lipinski definition) is 1. The van der Waals surface area contributed by atoms with E-state index in [9.17, 15) is 4.79 Å². The average molecular weight is 370 g/mol. The van der Waals surface area contributed by atoms with Gasteiger partial charge in [0, 0.05) is 24.1 Å². The van der Waals surface area contributed by atoms with Crippen molar-refractivity contribution >= 4 is 27.8 Å². The third-order valence-electron chi connectivity index (χ3n) is 3.55. The van der Waals surface area contributed by atoms with E-state index in [0.29, 0.717) is 12.5 Å². The van der Waals surface area contributed by atoms with E-state index in [1.807, 2.05) is 39.8 Å². The number of hydrogen-bond acceptors (Lipinski definition) is 4. The first-order valence-electron chi connectivity index (χ1n) is 7.59. The molecule has 22 heavy (non-hydrogen) atoms. The van der Waals surface area contributed by atoms with Gasteiger partial charge in [-0.05, 0) is 68.1 Å². The van der Waals surface area contributed by atoms with Crippen LogP contribution in [0.5, 0.6) is 0 Å². The van der Waals surface area contributed by atoms with Crippen LogP contribution in [0, 0.1) is 12.8 Å². The third-order valence-corrected chi connectivity index (χ3v) is 4.39. The molecule has 1 saturated heterocycles. The highest BCUT2D eigenvalue weighted by Crippen LogP contribution is 2.24. The zero-order valence-electron chi connectivity index (χ0n) is 13.6. The Balaban J connectivity index is 1.83. The molecule has 0 unspecified atom stereocenters. The summed E-state index contributed by atoms with van der Waals surface area (Å²) in [4.78, 5) is 18.5. The number of pyridine rings is 1. The number of rotatable bonds is 3. The second-order valence-corrected chi connectivity index (χ2v) is 7.57. The Hall–Kier alpha value is -1.30. The Morgan fingerprint density at radius 1 is 1.50 bits per heavy atom. The van der Waals surface area contributed by atoms with E-state index in [1.54, 1.807) is 0 Å². The maximum atomic E-state index is 11.7. The van der Waals surface area contributed by atoms with E-state index in [0.717, 1.165) is 35.5 Å². The van der Waals surface area contributed by atoms with Crippen LogP contribution in [0.15, 0.2) is 16.6 Å². The monoisotopic (exact) mass is 369 g/mol. The van der Waals surface area contributed by atoms with Crippen LogP contribution >= 0.6 is 15.9 Å². The van der Waals surface area contributed by atoms with Crippen molar-refractivity contribution < 1.29 is 9.53 Å². The minimum atomic E-state index is -0.454. The third kappa shape index (κ3) is 4.87. The van der Waals surface area contributed by atoms with Gasteiger partial charge >= 0.3 is 6.09 Å². The maximum Gasteiger partial charge on any atom is 0.407 e. The summed E-state index contributed by atoms with van der Waals surface area (Å²) in [5.74, 6) is 1.43.